The van der Waals surface area contributed by atoms with Gasteiger partial charge < -0.3 is 5.32 Å². The smallest absolute Gasteiger partial charge is 0.0755 e. The number of rotatable bonds is 3. The fourth-order valence-corrected chi connectivity index (χ4v) is 2.72. The lowest BCUT2D eigenvalue weighted by atomic mass is 9.99. The first-order valence-corrected chi connectivity index (χ1v) is 6.94. The molecule has 0 bridgehead atoms. The second-order valence-corrected chi connectivity index (χ2v) is 5.13. The van der Waals surface area contributed by atoms with E-state index in [2.05, 4.69) is 28.5 Å². The molecule has 0 spiro atoms. The normalized spacial score (nSPS) is 12.5. The van der Waals surface area contributed by atoms with Crippen molar-refractivity contribution >= 4 is 22.4 Å². The number of fused-ring (bicyclic) bond motifs is 1. The molecule has 0 radical (unpaired) electrons. The molecule has 2 nitrogen and oxygen atoms in total. The van der Waals surface area contributed by atoms with Crippen molar-refractivity contribution in [3.63, 3.8) is 0 Å². The minimum Gasteiger partial charge on any atom is -0.308 e. The minimum absolute atomic E-state index is 0.0276. The predicted molar refractivity (Wildman–Crippen MR) is 84.1 cm³/mol. The summed E-state index contributed by atoms with van der Waals surface area (Å²) >= 11 is 6.10. The standard InChI is InChI=1S/C17H15ClN2/c1-19-16(13-6-4-7-14(18)11-13)17-15-8-3-2-5-12(15)9-10-20-17/h2-11,16,19H,1H3. The Balaban J connectivity index is 2.17. The van der Waals surface area contributed by atoms with Crippen molar-refractivity contribution < 1.29 is 0 Å². The summed E-state index contributed by atoms with van der Waals surface area (Å²) in [6.45, 7) is 0. The van der Waals surface area contributed by atoms with Crippen molar-refractivity contribution in [3.05, 3.63) is 77.1 Å². The lowest BCUT2D eigenvalue weighted by molar-refractivity contribution is 0.677. The fourth-order valence-electron chi connectivity index (χ4n) is 2.52. The molecule has 0 fully saturated rings. The number of benzene rings is 2. The highest BCUT2D eigenvalue weighted by molar-refractivity contribution is 6.30. The summed E-state index contributed by atoms with van der Waals surface area (Å²) < 4.78 is 0. The molecule has 1 unspecified atom stereocenters. The van der Waals surface area contributed by atoms with Crippen molar-refractivity contribution in [3.8, 4) is 0 Å². The molecule has 3 rings (SSSR count). The van der Waals surface area contributed by atoms with Crippen LogP contribution >= 0.6 is 11.6 Å². The zero-order chi connectivity index (χ0) is 13.9. The Morgan fingerprint density at radius 1 is 1.05 bits per heavy atom. The van der Waals surface area contributed by atoms with Crippen LogP contribution in [0.2, 0.25) is 5.02 Å². The van der Waals surface area contributed by atoms with Crippen LogP contribution in [0.15, 0.2) is 60.8 Å². The van der Waals surface area contributed by atoms with E-state index < -0.39 is 0 Å². The summed E-state index contributed by atoms with van der Waals surface area (Å²) in [5, 5.41) is 6.43. The Kier molecular flexibility index (Phi) is 3.68. The van der Waals surface area contributed by atoms with Crippen LogP contribution in [0.1, 0.15) is 17.3 Å². The molecule has 0 aliphatic rings. The van der Waals surface area contributed by atoms with E-state index in [0.717, 1.165) is 21.7 Å². The van der Waals surface area contributed by atoms with E-state index in [-0.39, 0.29) is 6.04 Å². The Morgan fingerprint density at radius 2 is 1.90 bits per heavy atom. The third-order valence-corrected chi connectivity index (χ3v) is 3.68. The van der Waals surface area contributed by atoms with Gasteiger partial charge >= 0.3 is 0 Å². The van der Waals surface area contributed by atoms with Gasteiger partial charge in [0.25, 0.3) is 0 Å². The average Bonchev–Trinajstić information content (AvgIpc) is 2.48. The SMILES string of the molecule is CNC(c1cccc(Cl)c1)c1nccc2ccccc12. The maximum absolute atomic E-state index is 6.10. The van der Waals surface area contributed by atoms with E-state index in [4.69, 9.17) is 11.6 Å². The molecule has 20 heavy (non-hydrogen) atoms. The van der Waals surface area contributed by atoms with Gasteiger partial charge in [0.2, 0.25) is 0 Å². The topological polar surface area (TPSA) is 24.9 Å². The zero-order valence-corrected chi connectivity index (χ0v) is 11.9. The molecule has 2 aromatic carbocycles. The van der Waals surface area contributed by atoms with Crippen LogP contribution in [0, 0.1) is 0 Å². The highest BCUT2D eigenvalue weighted by Crippen LogP contribution is 2.28. The predicted octanol–water partition coefficient (Wildman–Crippen LogP) is 4.20. The molecule has 1 N–H and O–H groups in total. The Morgan fingerprint density at radius 3 is 2.70 bits per heavy atom. The van der Waals surface area contributed by atoms with Crippen molar-refractivity contribution in [1.82, 2.24) is 10.3 Å². The first kappa shape index (κ1) is 13.1. The molecule has 100 valence electrons. The summed E-state index contributed by atoms with van der Waals surface area (Å²) in [6, 6.07) is 18.2. The number of nitrogens with zero attached hydrogens (tertiary/aromatic N) is 1. The number of nitrogens with one attached hydrogen (secondary N) is 1. The van der Waals surface area contributed by atoms with E-state index in [1.165, 1.54) is 5.39 Å². The van der Waals surface area contributed by atoms with Crippen LogP contribution in [-0.2, 0) is 0 Å². The third kappa shape index (κ3) is 2.40. The molecular formula is C17H15ClN2. The number of aromatic nitrogens is 1. The van der Waals surface area contributed by atoms with Gasteiger partial charge in [0, 0.05) is 16.6 Å². The van der Waals surface area contributed by atoms with Crippen LogP contribution < -0.4 is 5.32 Å². The van der Waals surface area contributed by atoms with Gasteiger partial charge in [0.15, 0.2) is 0 Å². The number of halogens is 1. The van der Waals surface area contributed by atoms with Gasteiger partial charge in [-0.1, -0.05) is 48.0 Å². The van der Waals surface area contributed by atoms with Gasteiger partial charge in [-0.15, -0.1) is 0 Å². The number of pyridine rings is 1. The van der Waals surface area contributed by atoms with Crippen LogP contribution in [0.3, 0.4) is 0 Å². The first-order valence-electron chi connectivity index (χ1n) is 6.56. The summed E-state index contributed by atoms with van der Waals surface area (Å²) in [5.41, 5.74) is 2.14. The Hall–Kier alpha value is -1.90. The Bertz CT molecular complexity index is 734. The number of hydrogen-bond acceptors (Lipinski definition) is 2. The maximum Gasteiger partial charge on any atom is 0.0755 e. The monoisotopic (exact) mass is 282 g/mol. The summed E-state index contributed by atoms with van der Waals surface area (Å²) in [5.74, 6) is 0. The van der Waals surface area contributed by atoms with Gasteiger partial charge in [-0.25, -0.2) is 0 Å². The highest BCUT2D eigenvalue weighted by Gasteiger charge is 2.16. The van der Waals surface area contributed by atoms with Gasteiger partial charge in [0.05, 0.1) is 11.7 Å². The summed E-state index contributed by atoms with van der Waals surface area (Å²) in [7, 11) is 1.94. The molecular weight excluding hydrogens is 268 g/mol. The lowest BCUT2D eigenvalue weighted by Crippen LogP contribution is -2.19. The molecule has 0 saturated carbocycles. The van der Waals surface area contributed by atoms with E-state index in [1.807, 2.05) is 49.6 Å². The van der Waals surface area contributed by atoms with Gasteiger partial charge in [-0.3, -0.25) is 4.98 Å². The first-order chi connectivity index (χ1) is 9.79. The molecule has 1 atom stereocenters. The van der Waals surface area contributed by atoms with E-state index in [1.54, 1.807) is 0 Å². The highest BCUT2D eigenvalue weighted by atomic mass is 35.5. The van der Waals surface area contributed by atoms with Gasteiger partial charge in [-0.2, -0.15) is 0 Å². The average molecular weight is 283 g/mol. The number of hydrogen-bond donors (Lipinski definition) is 1. The van der Waals surface area contributed by atoms with Crippen LogP contribution in [-0.4, -0.2) is 12.0 Å². The molecule has 1 aromatic heterocycles. The second-order valence-electron chi connectivity index (χ2n) is 4.69. The molecule has 0 amide bonds. The summed E-state index contributed by atoms with van der Waals surface area (Å²) in [6.07, 6.45) is 1.85. The van der Waals surface area contributed by atoms with E-state index in [0.29, 0.717) is 0 Å². The van der Waals surface area contributed by atoms with Crippen molar-refractivity contribution in [2.24, 2.45) is 0 Å². The molecule has 3 aromatic rings. The van der Waals surface area contributed by atoms with Crippen molar-refractivity contribution in [2.45, 2.75) is 6.04 Å². The van der Waals surface area contributed by atoms with E-state index in [9.17, 15) is 0 Å². The van der Waals surface area contributed by atoms with Crippen LogP contribution in [0.25, 0.3) is 10.8 Å². The lowest BCUT2D eigenvalue weighted by Gasteiger charge is -2.18. The fraction of sp³-hybridized carbons (Fsp3) is 0.118. The maximum atomic E-state index is 6.10. The molecule has 1 heterocycles. The molecule has 0 aliphatic carbocycles. The molecule has 3 heteroatoms. The zero-order valence-electron chi connectivity index (χ0n) is 11.2. The largest absolute Gasteiger partial charge is 0.308 e. The van der Waals surface area contributed by atoms with E-state index >= 15 is 0 Å². The van der Waals surface area contributed by atoms with Crippen LogP contribution in [0.4, 0.5) is 0 Å². The van der Waals surface area contributed by atoms with Crippen LogP contribution in [0.5, 0.6) is 0 Å². The Labute approximate surface area is 123 Å². The third-order valence-electron chi connectivity index (χ3n) is 3.45. The van der Waals surface area contributed by atoms with Gasteiger partial charge in [-0.05, 0) is 36.2 Å². The second kappa shape index (κ2) is 5.61. The van der Waals surface area contributed by atoms with Crippen molar-refractivity contribution in [2.75, 3.05) is 7.05 Å². The molecule has 0 aliphatic heterocycles. The van der Waals surface area contributed by atoms with Gasteiger partial charge in [0.1, 0.15) is 0 Å². The summed E-state index contributed by atoms with van der Waals surface area (Å²) in [4.78, 5) is 4.58. The minimum atomic E-state index is 0.0276. The van der Waals surface area contributed by atoms with Crippen molar-refractivity contribution in [1.29, 1.82) is 0 Å². The molecule has 0 saturated heterocycles. The quantitative estimate of drug-likeness (QED) is 0.779.